The van der Waals surface area contributed by atoms with Gasteiger partial charge in [0.15, 0.2) is 0 Å². The van der Waals surface area contributed by atoms with E-state index in [9.17, 15) is 15.3 Å². The van der Waals surface area contributed by atoms with Gasteiger partial charge in [-0.15, -0.1) is 0 Å². The van der Waals surface area contributed by atoms with Crippen LogP contribution in [0.2, 0.25) is 0 Å². The highest BCUT2D eigenvalue weighted by Gasteiger charge is 2.53. The van der Waals surface area contributed by atoms with Gasteiger partial charge < -0.3 is 15.3 Å². The van der Waals surface area contributed by atoms with Gasteiger partial charge in [0, 0.05) is 6.42 Å². The summed E-state index contributed by atoms with van der Waals surface area (Å²) in [7, 11) is 0. The first-order valence-electron chi connectivity index (χ1n) is 12.5. The third kappa shape index (κ3) is 5.54. The lowest BCUT2D eigenvalue weighted by atomic mass is 9.57. The standard InChI is InChI=1S/C28H46O3/c1-19-21(17-22(29)18-24(19)30)11-10-20-9-7-16-28(6)23(20)12-13-25(28)26(2,3)14-8-15-27(4,5)31/h10-11,22-25,29-31H,1,7-9,12-18H2,2-6H3/b20-10+,21-11-/t22-,23+,24+,25-,28+/m1/s1. The summed E-state index contributed by atoms with van der Waals surface area (Å²) in [5.41, 5.74) is 3.38. The highest BCUT2D eigenvalue weighted by Crippen LogP contribution is 2.62. The van der Waals surface area contributed by atoms with Gasteiger partial charge in [0.05, 0.1) is 17.8 Å². The fourth-order valence-corrected chi connectivity index (χ4v) is 7.14. The van der Waals surface area contributed by atoms with Crippen molar-refractivity contribution in [3.05, 3.63) is 35.5 Å². The smallest absolute Gasteiger partial charge is 0.0811 e. The molecule has 0 aromatic heterocycles. The van der Waals surface area contributed by atoms with Gasteiger partial charge in [-0.2, -0.15) is 0 Å². The Hall–Kier alpha value is -0.900. The van der Waals surface area contributed by atoms with Gasteiger partial charge in [-0.3, -0.25) is 0 Å². The minimum Gasteiger partial charge on any atom is -0.393 e. The van der Waals surface area contributed by atoms with E-state index in [2.05, 4.69) is 39.5 Å². The van der Waals surface area contributed by atoms with Crippen molar-refractivity contribution in [2.45, 2.75) is 117 Å². The average Bonchev–Trinajstić information content (AvgIpc) is 3.00. The molecular formula is C28H46O3. The van der Waals surface area contributed by atoms with Crippen LogP contribution in [0.25, 0.3) is 0 Å². The van der Waals surface area contributed by atoms with Crippen LogP contribution in [-0.4, -0.2) is 33.1 Å². The van der Waals surface area contributed by atoms with Crippen LogP contribution < -0.4 is 0 Å². The molecule has 3 heteroatoms. The van der Waals surface area contributed by atoms with Crippen molar-refractivity contribution in [2.75, 3.05) is 0 Å². The molecule has 0 amide bonds. The van der Waals surface area contributed by atoms with E-state index in [1.807, 2.05) is 13.8 Å². The largest absolute Gasteiger partial charge is 0.393 e. The molecule has 0 aromatic rings. The zero-order valence-corrected chi connectivity index (χ0v) is 20.6. The Kier molecular flexibility index (Phi) is 7.30. The maximum Gasteiger partial charge on any atom is 0.0811 e. The Labute approximate surface area is 190 Å². The number of hydrogen-bond donors (Lipinski definition) is 3. The van der Waals surface area contributed by atoms with Crippen LogP contribution in [0.4, 0.5) is 0 Å². The van der Waals surface area contributed by atoms with Crippen LogP contribution in [0.1, 0.15) is 98.8 Å². The van der Waals surface area contributed by atoms with Crippen molar-refractivity contribution >= 4 is 0 Å². The second-order valence-electron chi connectivity index (χ2n) is 12.3. The molecule has 0 saturated heterocycles. The Morgan fingerprint density at radius 1 is 1.10 bits per heavy atom. The SMILES string of the molecule is C=C1/C(=C\C=C2/CCC[C@]3(C)[C@@H](C(C)(C)CCCC(C)(C)O)CC[C@@H]23)C[C@@H](O)C[C@@H]1O. The van der Waals surface area contributed by atoms with Gasteiger partial charge in [0.2, 0.25) is 0 Å². The molecule has 0 radical (unpaired) electrons. The summed E-state index contributed by atoms with van der Waals surface area (Å²) in [6.45, 7) is 15.3. The van der Waals surface area contributed by atoms with Gasteiger partial charge in [-0.1, -0.05) is 51.5 Å². The van der Waals surface area contributed by atoms with Crippen molar-refractivity contribution in [3.8, 4) is 0 Å². The van der Waals surface area contributed by atoms with Crippen LogP contribution in [0.5, 0.6) is 0 Å². The van der Waals surface area contributed by atoms with Crippen LogP contribution in [0.15, 0.2) is 35.5 Å². The van der Waals surface area contributed by atoms with Crippen LogP contribution in [-0.2, 0) is 0 Å². The van der Waals surface area contributed by atoms with Crippen LogP contribution in [0, 0.1) is 22.7 Å². The first-order chi connectivity index (χ1) is 14.3. The molecule has 31 heavy (non-hydrogen) atoms. The van der Waals surface area contributed by atoms with E-state index in [0.717, 1.165) is 30.4 Å². The lowest BCUT2D eigenvalue weighted by molar-refractivity contribution is 0.0280. The molecule has 0 bridgehead atoms. The first kappa shape index (κ1) is 24.7. The fourth-order valence-electron chi connectivity index (χ4n) is 7.14. The summed E-state index contributed by atoms with van der Waals surface area (Å²) in [5, 5.41) is 30.3. The second kappa shape index (κ2) is 9.15. The third-order valence-corrected chi connectivity index (χ3v) is 8.78. The van der Waals surface area contributed by atoms with Crippen molar-refractivity contribution in [1.82, 2.24) is 0 Å². The molecule has 0 spiro atoms. The molecule has 176 valence electrons. The Balaban J connectivity index is 1.75. The molecule has 3 aliphatic rings. The van der Waals surface area contributed by atoms with E-state index in [0.29, 0.717) is 30.1 Å². The molecule has 0 aliphatic heterocycles. The molecule has 0 unspecified atom stereocenters. The number of allylic oxidation sites excluding steroid dienone is 3. The van der Waals surface area contributed by atoms with Gasteiger partial charge in [-0.05, 0) is 99.0 Å². The normalized spacial score (nSPS) is 37.5. The van der Waals surface area contributed by atoms with Crippen LogP contribution in [0.3, 0.4) is 0 Å². The molecule has 3 N–H and O–H groups in total. The minimum absolute atomic E-state index is 0.279. The minimum atomic E-state index is -0.620. The summed E-state index contributed by atoms with van der Waals surface area (Å²) < 4.78 is 0. The monoisotopic (exact) mass is 430 g/mol. The molecule has 3 fully saturated rings. The number of aliphatic hydroxyl groups is 3. The first-order valence-corrected chi connectivity index (χ1v) is 12.5. The molecule has 3 rings (SSSR count). The van der Waals surface area contributed by atoms with Crippen molar-refractivity contribution in [1.29, 1.82) is 0 Å². The van der Waals surface area contributed by atoms with E-state index in [1.165, 1.54) is 32.1 Å². The number of hydrogen-bond acceptors (Lipinski definition) is 3. The van der Waals surface area contributed by atoms with Crippen LogP contribution >= 0.6 is 0 Å². The molecule has 3 saturated carbocycles. The Morgan fingerprint density at radius 3 is 2.48 bits per heavy atom. The van der Waals surface area contributed by atoms with E-state index in [-0.39, 0.29) is 5.41 Å². The van der Waals surface area contributed by atoms with Crippen molar-refractivity contribution < 1.29 is 15.3 Å². The highest BCUT2D eigenvalue weighted by atomic mass is 16.3. The molecular weight excluding hydrogens is 384 g/mol. The second-order valence-corrected chi connectivity index (χ2v) is 12.3. The highest BCUT2D eigenvalue weighted by molar-refractivity contribution is 5.38. The predicted octanol–water partition coefficient (Wildman–Crippen LogP) is 6.09. The van der Waals surface area contributed by atoms with Gasteiger partial charge in [0.25, 0.3) is 0 Å². The van der Waals surface area contributed by atoms with E-state index >= 15 is 0 Å². The topological polar surface area (TPSA) is 60.7 Å². The van der Waals surface area contributed by atoms with E-state index in [4.69, 9.17) is 0 Å². The predicted molar refractivity (Wildman–Crippen MR) is 129 cm³/mol. The van der Waals surface area contributed by atoms with Gasteiger partial charge >= 0.3 is 0 Å². The number of rotatable bonds is 6. The number of aliphatic hydroxyl groups excluding tert-OH is 2. The van der Waals surface area contributed by atoms with E-state index < -0.39 is 17.8 Å². The third-order valence-electron chi connectivity index (χ3n) is 8.78. The molecule has 3 aliphatic carbocycles. The molecule has 0 heterocycles. The lowest BCUT2D eigenvalue weighted by Crippen LogP contribution is -2.40. The summed E-state index contributed by atoms with van der Waals surface area (Å²) in [6.07, 6.45) is 13.7. The van der Waals surface area contributed by atoms with E-state index in [1.54, 1.807) is 5.57 Å². The Morgan fingerprint density at radius 2 is 1.81 bits per heavy atom. The lowest BCUT2D eigenvalue weighted by Gasteiger charge is -2.48. The summed E-state index contributed by atoms with van der Waals surface area (Å²) in [5.74, 6) is 1.33. The van der Waals surface area contributed by atoms with Crippen molar-refractivity contribution in [2.24, 2.45) is 22.7 Å². The van der Waals surface area contributed by atoms with Gasteiger partial charge in [-0.25, -0.2) is 0 Å². The summed E-state index contributed by atoms with van der Waals surface area (Å²) in [6, 6.07) is 0. The molecule has 3 nitrogen and oxygen atoms in total. The Bertz CT molecular complexity index is 723. The zero-order chi connectivity index (χ0) is 23.0. The maximum atomic E-state index is 10.2. The summed E-state index contributed by atoms with van der Waals surface area (Å²) in [4.78, 5) is 0. The summed E-state index contributed by atoms with van der Waals surface area (Å²) >= 11 is 0. The molecule has 0 aromatic carbocycles. The van der Waals surface area contributed by atoms with Crippen molar-refractivity contribution in [3.63, 3.8) is 0 Å². The average molecular weight is 431 g/mol. The fraction of sp³-hybridized carbons (Fsp3) is 0.786. The number of fused-ring (bicyclic) bond motifs is 1. The zero-order valence-electron chi connectivity index (χ0n) is 20.6. The maximum absolute atomic E-state index is 10.2. The quantitative estimate of drug-likeness (QED) is 0.477. The van der Waals surface area contributed by atoms with Gasteiger partial charge in [0.1, 0.15) is 0 Å². The molecule has 5 atom stereocenters.